The molecule has 0 aliphatic rings. The van der Waals surface area contributed by atoms with Gasteiger partial charge < -0.3 is 31.1 Å². The number of nitrogens with zero attached hydrogens (tertiary/aromatic N) is 1. The highest BCUT2D eigenvalue weighted by molar-refractivity contribution is 6.00. The van der Waals surface area contributed by atoms with E-state index in [1.54, 1.807) is 53.7 Å². The number of ether oxygens (including phenoxy) is 1. The van der Waals surface area contributed by atoms with Crippen LogP contribution in [0.15, 0.2) is 42.5 Å². The quantitative estimate of drug-likeness (QED) is 0.396. The smallest absolute Gasteiger partial charge is 0.408 e. The molecule has 10 heteroatoms. The highest BCUT2D eigenvalue weighted by Gasteiger charge is 2.42. The number of hydrogen-bond acceptors (Lipinski definition) is 6. The standard InChI is InChI=1S/C29H40N4O6/c1-17-11-9-12-18(2)23(17)32-25(36)24(19-13-10-14-20(34)15-19)33(28(3,4)5)26(37)21(16-22(30)35)31-27(38)39-29(6,7)8/h9-15,21,24,34H,16H2,1-8H3,(H2,30,35)(H,31,38)(H,32,36). The second-order valence-electron chi connectivity index (χ2n) is 11.5. The maximum absolute atomic E-state index is 14.1. The topological polar surface area (TPSA) is 151 Å². The Labute approximate surface area is 229 Å². The van der Waals surface area contributed by atoms with Crippen molar-refractivity contribution in [3.63, 3.8) is 0 Å². The van der Waals surface area contributed by atoms with Crippen LogP contribution in [0.3, 0.4) is 0 Å². The Kier molecular flexibility index (Phi) is 9.73. The van der Waals surface area contributed by atoms with Crippen molar-refractivity contribution in [3.8, 4) is 5.75 Å². The molecule has 0 spiro atoms. The summed E-state index contributed by atoms with van der Waals surface area (Å²) in [6.45, 7) is 13.9. The molecule has 5 N–H and O–H groups in total. The van der Waals surface area contributed by atoms with Crippen LogP contribution in [0.4, 0.5) is 10.5 Å². The van der Waals surface area contributed by atoms with Crippen molar-refractivity contribution in [2.75, 3.05) is 5.32 Å². The summed E-state index contributed by atoms with van der Waals surface area (Å²) in [6.07, 6.45) is -1.43. The molecule has 2 atom stereocenters. The molecule has 0 radical (unpaired) electrons. The number of amides is 4. The van der Waals surface area contributed by atoms with E-state index in [-0.39, 0.29) is 5.75 Å². The van der Waals surface area contributed by atoms with Crippen LogP contribution in [0.5, 0.6) is 5.75 Å². The molecule has 212 valence electrons. The van der Waals surface area contributed by atoms with Crippen molar-refractivity contribution in [3.05, 3.63) is 59.2 Å². The van der Waals surface area contributed by atoms with Crippen LogP contribution in [-0.2, 0) is 19.1 Å². The molecule has 0 aromatic heterocycles. The molecule has 2 rings (SSSR count). The fourth-order valence-corrected chi connectivity index (χ4v) is 4.18. The number of benzene rings is 2. The summed E-state index contributed by atoms with van der Waals surface area (Å²) >= 11 is 0. The molecule has 2 unspecified atom stereocenters. The third-order valence-electron chi connectivity index (χ3n) is 5.78. The van der Waals surface area contributed by atoms with E-state index in [0.29, 0.717) is 11.3 Å². The molecule has 10 nitrogen and oxygen atoms in total. The number of primary amides is 1. The largest absolute Gasteiger partial charge is 0.508 e. The summed E-state index contributed by atoms with van der Waals surface area (Å²) in [5.41, 5.74) is 6.16. The highest BCUT2D eigenvalue weighted by Crippen LogP contribution is 2.33. The first-order valence-electron chi connectivity index (χ1n) is 12.7. The van der Waals surface area contributed by atoms with Crippen molar-refractivity contribution >= 4 is 29.5 Å². The van der Waals surface area contributed by atoms with Crippen molar-refractivity contribution in [2.45, 2.75) is 85.0 Å². The van der Waals surface area contributed by atoms with E-state index >= 15 is 0 Å². The second-order valence-corrected chi connectivity index (χ2v) is 11.5. The second kappa shape index (κ2) is 12.2. The highest BCUT2D eigenvalue weighted by atomic mass is 16.6. The maximum atomic E-state index is 14.1. The van der Waals surface area contributed by atoms with E-state index in [1.165, 1.54) is 17.0 Å². The fourth-order valence-electron chi connectivity index (χ4n) is 4.18. The number of phenols is 1. The number of carbonyl (C=O) groups excluding carboxylic acids is 4. The summed E-state index contributed by atoms with van der Waals surface area (Å²) in [4.78, 5) is 53.9. The third kappa shape index (κ3) is 8.73. The number of carbonyl (C=O) groups is 4. The van der Waals surface area contributed by atoms with Crippen LogP contribution in [-0.4, -0.2) is 51.0 Å². The minimum absolute atomic E-state index is 0.0979. The van der Waals surface area contributed by atoms with Gasteiger partial charge in [0.2, 0.25) is 11.8 Å². The van der Waals surface area contributed by atoms with E-state index in [2.05, 4.69) is 10.6 Å². The molecule has 0 bridgehead atoms. The van der Waals surface area contributed by atoms with Crippen LogP contribution < -0.4 is 16.4 Å². The average molecular weight is 541 g/mol. The molecule has 2 aromatic carbocycles. The molecule has 4 amide bonds. The Hall–Kier alpha value is -4.08. The number of nitrogens with two attached hydrogens (primary N) is 1. The molecule has 0 saturated heterocycles. The van der Waals surface area contributed by atoms with Gasteiger partial charge in [-0.3, -0.25) is 14.4 Å². The lowest BCUT2D eigenvalue weighted by Crippen LogP contribution is -2.58. The normalized spacial score (nSPS) is 13.1. The van der Waals surface area contributed by atoms with Gasteiger partial charge in [0.1, 0.15) is 23.4 Å². The van der Waals surface area contributed by atoms with Crippen LogP contribution in [0.25, 0.3) is 0 Å². The molecule has 0 aliphatic heterocycles. The lowest BCUT2D eigenvalue weighted by molar-refractivity contribution is -0.147. The number of anilines is 1. The van der Waals surface area contributed by atoms with E-state index in [1.807, 2.05) is 32.0 Å². The van der Waals surface area contributed by atoms with Gasteiger partial charge in [0.25, 0.3) is 5.91 Å². The van der Waals surface area contributed by atoms with Crippen molar-refractivity contribution < 1.29 is 29.0 Å². The first-order valence-corrected chi connectivity index (χ1v) is 12.7. The molecule has 0 aliphatic carbocycles. The lowest BCUT2D eigenvalue weighted by atomic mass is 9.94. The number of aryl methyl sites for hydroxylation is 2. The minimum atomic E-state index is -1.41. The van der Waals surface area contributed by atoms with Crippen LogP contribution in [0.1, 0.15) is 70.7 Å². The zero-order valence-electron chi connectivity index (χ0n) is 23.9. The van der Waals surface area contributed by atoms with Gasteiger partial charge in [-0.2, -0.15) is 0 Å². The van der Waals surface area contributed by atoms with E-state index < -0.39 is 53.5 Å². The van der Waals surface area contributed by atoms with Crippen molar-refractivity contribution in [1.29, 1.82) is 0 Å². The van der Waals surface area contributed by atoms with Crippen LogP contribution in [0, 0.1) is 13.8 Å². The summed E-state index contributed by atoms with van der Waals surface area (Å²) in [5.74, 6) is -2.19. The number of phenolic OH excluding ortho intramolecular Hbond substituents is 1. The predicted octanol–water partition coefficient (Wildman–Crippen LogP) is 4.08. The molecular formula is C29H40N4O6. The zero-order valence-corrected chi connectivity index (χ0v) is 23.9. The Morgan fingerprint density at radius 2 is 1.54 bits per heavy atom. The summed E-state index contributed by atoms with van der Waals surface area (Å²) in [5, 5.41) is 15.6. The molecule has 0 saturated carbocycles. The Morgan fingerprint density at radius 1 is 0.974 bits per heavy atom. The van der Waals surface area contributed by atoms with E-state index in [0.717, 1.165) is 11.1 Å². The molecule has 0 fully saturated rings. The van der Waals surface area contributed by atoms with E-state index in [9.17, 15) is 24.3 Å². The fraction of sp³-hybridized carbons (Fsp3) is 0.448. The van der Waals surface area contributed by atoms with Gasteiger partial charge in [-0.1, -0.05) is 30.3 Å². The molecular weight excluding hydrogens is 500 g/mol. The van der Waals surface area contributed by atoms with Gasteiger partial charge in [-0.05, 0) is 84.2 Å². The Morgan fingerprint density at radius 3 is 2.03 bits per heavy atom. The van der Waals surface area contributed by atoms with Gasteiger partial charge in [0.15, 0.2) is 0 Å². The Balaban J connectivity index is 2.64. The maximum Gasteiger partial charge on any atom is 0.408 e. The van der Waals surface area contributed by atoms with Crippen LogP contribution in [0.2, 0.25) is 0 Å². The van der Waals surface area contributed by atoms with E-state index in [4.69, 9.17) is 10.5 Å². The predicted molar refractivity (Wildman–Crippen MR) is 149 cm³/mol. The number of aromatic hydroxyl groups is 1. The SMILES string of the molecule is Cc1cccc(C)c1NC(=O)C(c1cccc(O)c1)N(C(=O)C(CC(N)=O)NC(=O)OC(C)(C)C)C(C)(C)C. The van der Waals surface area contributed by atoms with Crippen LogP contribution >= 0.6 is 0 Å². The lowest BCUT2D eigenvalue weighted by Gasteiger charge is -2.43. The van der Waals surface area contributed by atoms with Gasteiger partial charge in [-0.15, -0.1) is 0 Å². The zero-order chi connectivity index (χ0) is 29.7. The molecule has 2 aromatic rings. The number of alkyl carbamates (subject to hydrolysis) is 1. The van der Waals surface area contributed by atoms with Crippen molar-refractivity contribution in [2.24, 2.45) is 5.73 Å². The third-order valence-corrected chi connectivity index (χ3v) is 5.78. The number of nitrogens with one attached hydrogen (secondary N) is 2. The monoisotopic (exact) mass is 540 g/mol. The first kappa shape index (κ1) is 31.1. The summed E-state index contributed by atoms with van der Waals surface area (Å²) in [7, 11) is 0. The van der Waals surface area contributed by atoms with Gasteiger partial charge in [0.05, 0.1) is 6.42 Å². The Bertz CT molecular complexity index is 1210. The van der Waals surface area contributed by atoms with Gasteiger partial charge in [-0.25, -0.2) is 4.79 Å². The summed E-state index contributed by atoms with van der Waals surface area (Å²) in [6, 6.07) is 8.94. The summed E-state index contributed by atoms with van der Waals surface area (Å²) < 4.78 is 5.29. The minimum Gasteiger partial charge on any atom is -0.508 e. The number of para-hydroxylation sites is 1. The molecule has 0 heterocycles. The average Bonchev–Trinajstić information content (AvgIpc) is 2.76. The number of hydrogen-bond donors (Lipinski definition) is 4. The number of rotatable bonds is 8. The van der Waals surface area contributed by atoms with Gasteiger partial charge in [0, 0.05) is 11.2 Å². The van der Waals surface area contributed by atoms with Gasteiger partial charge >= 0.3 is 6.09 Å². The molecule has 39 heavy (non-hydrogen) atoms. The first-order chi connectivity index (χ1) is 17.9. The van der Waals surface area contributed by atoms with Crippen molar-refractivity contribution in [1.82, 2.24) is 10.2 Å².